The lowest BCUT2D eigenvalue weighted by atomic mass is 10.2. The quantitative estimate of drug-likeness (QED) is 0.657. The molecule has 0 heterocycles. The van der Waals surface area contributed by atoms with Crippen molar-refractivity contribution >= 4 is 17.6 Å². The van der Waals surface area contributed by atoms with Crippen LogP contribution < -0.4 is 14.8 Å². The van der Waals surface area contributed by atoms with E-state index in [4.69, 9.17) is 14.6 Å². The fraction of sp³-hybridized carbons (Fsp3) is 0.0476. The Hall–Kier alpha value is -3.80. The molecule has 0 spiro atoms. The van der Waals surface area contributed by atoms with Crippen molar-refractivity contribution in [2.75, 3.05) is 11.9 Å². The van der Waals surface area contributed by atoms with Gasteiger partial charge in [-0.05, 0) is 42.5 Å². The molecular weight excluding hydrogens is 346 g/mol. The summed E-state index contributed by atoms with van der Waals surface area (Å²) in [7, 11) is 0. The van der Waals surface area contributed by atoms with Gasteiger partial charge < -0.3 is 19.9 Å². The van der Waals surface area contributed by atoms with Crippen molar-refractivity contribution in [3.8, 4) is 17.2 Å². The topological polar surface area (TPSA) is 84.9 Å². The summed E-state index contributed by atoms with van der Waals surface area (Å²) in [6.45, 7) is -0.216. The predicted molar refractivity (Wildman–Crippen MR) is 100 cm³/mol. The summed E-state index contributed by atoms with van der Waals surface area (Å²) >= 11 is 0. The summed E-state index contributed by atoms with van der Waals surface area (Å²) in [6, 6.07) is 22.3. The molecule has 27 heavy (non-hydrogen) atoms. The summed E-state index contributed by atoms with van der Waals surface area (Å²) in [5.74, 6) is 0.321. The maximum atomic E-state index is 12.0. The summed E-state index contributed by atoms with van der Waals surface area (Å²) in [4.78, 5) is 23.0. The summed E-state index contributed by atoms with van der Waals surface area (Å²) in [5.41, 5.74) is 0.490. The minimum atomic E-state index is -1.06. The number of benzene rings is 3. The van der Waals surface area contributed by atoms with Crippen LogP contribution in [-0.2, 0) is 4.79 Å². The Labute approximate surface area is 156 Å². The molecule has 0 aliphatic rings. The van der Waals surface area contributed by atoms with Gasteiger partial charge in [0.2, 0.25) is 0 Å². The second-order valence-corrected chi connectivity index (χ2v) is 5.61. The second kappa shape index (κ2) is 8.53. The Morgan fingerprint density at radius 1 is 0.815 bits per heavy atom. The molecule has 2 N–H and O–H groups in total. The van der Waals surface area contributed by atoms with E-state index in [0.29, 0.717) is 22.9 Å². The number of ether oxygens (including phenoxy) is 2. The number of hydrogen-bond acceptors (Lipinski definition) is 4. The van der Waals surface area contributed by atoms with Crippen LogP contribution in [0.1, 0.15) is 10.4 Å². The molecule has 136 valence electrons. The highest BCUT2D eigenvalue weighted by atomic mass is 16.5. The molecule has 0 aliphatic carbocycles. The van der Waals surface area contributed by atoms with Gasteiger partial charge >= 0.3 is 5.97 Å². The fourth-order valence-electron chi connectivity index (χ4n) is 2.33. The van der Waals surface area contributed by atoms with Gasteiger partial charge in [0.15, 0.2) is 6.61 Å². The van der Waals surface area contributed by atoms with E-state index >= 15 is 0 Å². The molecule has 0 fully saturated rings. The monoisotopic (exact) mass is 363 g/mol. The minimum absolute atomic E-state index is 0.0967. The number of rotatable bonds is 7. The van der Waals surface area contributed by atoms with Crippen molar-refractivity contribution in [1.29, 1.82) is 0 Å². The zero-order chi connectivity index (χ0) is 19.1. The van der Waals surface area contributed by atoms with Gasteiger partial charge in [-0.1, -0.05) is 30.3 Å². The molecule has 0 radical (unpaired) electrons. The molecule has 0 bridgehead atoms. The van der Waals surface area contributed by atoms with E-state index < -0.39 is 11.9 Å². The minimum Gasteiger partial charge on any atom is -0.484 e. The number of nitrogens with one attached hydrogen (secondary N) is 1. The van der Waals surface area contributed by atoms with Crippen LogP contribution in [-0.4, -0.2) is 23.6 Å². The number of carbonyl (C=O) groups excluding carboxylic acids is 1. The lowest BCUT2D eigenvalue weighted by molar-refractivity contribution is -0.118. The van der Waals surface area contributed by atoms with Crippen LogP contribution in [0.4, 0.5) is 5.69 Å². The molecule has 6 nitrogen and oxygen atoms in total. The van der Waals surface area contributed by atoms with Crippen LogP contribution in [0.25, 0.3) is 0 Å². The molecular formula is C21H17NO5. The highest BCUT2D eigenvalue weighted by Crippen LogP contribution is 2.25. The third-order valence-electron chi connectivity index (χ3n) is 3.55. The lowest BCUT2D eigenvalue weighted by Gasteiger charge is -2.10. The molecule has 3 aromatic rings. The van der Waals surface area contributed by atoms with Crippen molar-refractivity contribution in [3.63, 3.8) is 0 Å². The first-order valence-corrected chi connectivity index (χ1v) is 8.19. The van der Waals surface area contributed by atoms with E-state index in [2.05, 4.69) is 5.32 Å². The molecule has 3 rings (SSSR count). The van der Waals surface area contributed by atoms with Gasteiger partial charge in [0, 0.05) is 11.8 Å². The maximum absolute atomic E-state index is 12.0. The largest absolute Gasteiger partial charge is 0.484 e. The van der Waals surface area contributed by atoms with Crippen molar-refractivity contribution in [2.45, 2.75) is 0 Å². The van der Waals surface area contributed by atoms with Crippen LogP contribution in [0.3, 0.4) is 0 Å². The average molecular weight is 363 g/mol. The SMILES string of the molecule is O=C(COc1cccc(Oc2ccccc2)c1)Nc1cccc(C(=O)O)c1. The van der Waals surface area contributed by atoms with Crippen molar-refractivity contribution in [3.05, 3.63) is 84.4 Å². The van der Waals surface area contributed by atoms with E-state index in [9.17, 15) is 9.59 Å². The zero-order valence-corrected chi connectivity index (χ0v) is 14.3. The van der Waals surface area contributed by atoms with Gasteiger partial charge in [-0.2, -0.15) is 0 Å². The Kier molecular flexibility index (Phi) is 5.69. The fourth-order valence-corrected chi connectivity index (χ4v) is 2.33. The van der Waals surface area contributed by atoms with Crippen LogP contribution in [0.2, 0.25) is 0 Å². The molecule has 0 saturated carbocycles. The van der Waals surface area contributed by atoms with Gasteiger partial charge in [0.25, 0.3) is 5.91 Å². The van der Waals surface area contributed by atoms with Crippen LogP contribution in [0.5, 0.6) is 17.2 Å². The molecule has 1 amide bonds. The van der Waals surface area contributed by atoms with Crippen LogP contribution >= 0.6 is 0 Å². The van der Waals surface area contributed by atoms with Gasteiger partial charge in [-0.15, -0.1) is 0 Å². The van der Waals surface area contributed by atoms with E-state index in [1.54, 1.807) is 36.4 Å². The summed E-state index contributed by atoms with van der Waals surface area (Å²) < 4.78 is 11.2. The average Bonchev–Trinajstić information content (AvgIpc) is 2.68. The number of hydrogen-bond donors (Lipinski definition) is 2. The van der Waals surface area contributed by atoms with Crippen molar-refractivity contribution < 1.29 is 24.2 Å². The highest BCUT2D eigenvalue weighted by Gasteiger charge is 2.08. The Morgan fingerprint density at radius 2 is 1.52 bits per heavy atom. The van der Waals surface area contributed by atoms with Crippen LogP contribution in [0.15, 0.2) is 78.9 Å². The number of amides is 1. The normalized spacial score (nSPS) is 10.1. The molecule has 0 saturated heterocycles. The van der Waals surface area contributed by atoms with Crippen LogP contribution in [0, 0.1) is 0 Å². The first-order chi connectivity index (χ1) is 13.1. The first-order valence-electron chi connectivity index (χ1n) is 8.19. The third kappa shape index (κ3) is 5.34. The predicted octanol–water partition coefficient (Wildman–Crippen LogP) is 4.19. The number of carboxylic acids is 1. The second-order valence-electron chi connectivity index (χ2n) is 5.61. The third-order valence-corrected chi connectivity index (χ3v) is 3.55. The Morgan fingerprint density at radius 3 is 2.30 bits per heavy atom. The van der Waals surface area contributed by atoms with Crippen molar-refractivity contribution in [1.82, 2.24) is 0 Å². The molecule has 0 unspecified atom stereocenters. The summed E-state index contributed by atoms with van der Waals surface area (Å²) in [6.07, 6.45) is 0. The standard InChI is InChI=1S/C21H17NO5/c23-20(22-16-7-4-6-15(12-16)21(24)25)14-26-18-10-5-11-19(13-18)27-17-8-2-1-3-9-17/h1-13H,14H2,(H,22,23)(H,24,25). The summed E-state index contributed by atoms with van der Waals surface area (Å²) in [5, 5.41) is 11.6. The number of anilines is 1. The number of aromatic carboxylic acids is 1. The molecule has 0 aromatic heterocycles. The van der Waals surface area contributed by atoms with Gasteiger partial charge in [0.1, 0.15) is 17.2 Å². The molecule has 0 aliphatic heterocycles. The van der Waals surface area contributed by atoms with E-state index in [-0.39, 0.29) is 12.2 Å². The number of carboxylic acid groups (broad SMARTS) is 1. The Bertz CT molecular complexity index is 940. The molecule has 3 aromatic carbocycles. The van der Waals surface area contributed by atoms with E-state index in [1.807, 2.05) is 30.3 Å². The molecule has 0 atom stereocenters. The van der Waals surface area contributed by atoms with Gasteiger partial charge in [0.05, 0.1) is 5.56 Å². The van der Waals surface area contributed by atoms with Gasteiger partial charge in [-0.25, -0.2) is 4.79 Å². The smallest absolute Gasteiger partial charge is 0.335 e. The van der Waals surface area contributed by atoms with E-state index in [1.165, 1.54) is 12.1 Å². The highest BCUT2D eigenvalue weighted by molar-refractivity contribution is 5.94. The molecule has 6 heteroatoms. The Balaban J connectivity index is 1.56. The number of para-hydroxylation sites is 1. The number of carbonyl (C=O) groups is 2. The van der Waals surface area contributed by atoms with E-state index in [0.717, 1.165) is 0 Å². The maximum Gasteiger partial charge on any atom is 0.335 e. The zero-order valence-electron chi connectivity index (χ0n) is 14.3. The first kappa shape index (κ1) is 18.0. The van der Waals surface area contributed by atoms with Gasteiger partial charge in [-0.3, -0.25) is 4.79 Å². The van der Waals surface area contributed by atoms with Crippen molar-refractivity contribution in [2.24, 2.45) is 0 Å². The lowest BCUT2D eigenvalue weighted by Crippen LogP contribution is -2.20.